The Morgan fingerprint density at radius 3 is 2.37 bits per heavy atom. The van der Waals surface area contributed by atoms with Crippen molar-refractivity contribution < 1.29 is 13.2 Å². The molecule has 0 unspecified atom stereocenters. The van der Waals surface area contributed by atoms with Crippen LogP contribution in [0.1, 0.15) is 0 Å². The number of halogens is 4. The second-order valence-corrected chi connectivity index (χ2v) is 6.60. The van der Waals surface area contributed by atoms with Crippen molar-refractivity contribution in [2.45, 2.75) is 0 Å². The molecule has 8 heteroatoms. The SMILES string of the molecule is Fc1cc(Nc2nc(-c3cncc(Br)c3)nc3ccccc23)cc(F)c1F. The van der Waals surface area contributed by atoms with Gasteiger partial charge < -0.3 is 5.32 Å². The topological polar surface area (TPSA) is 50.7 Å². The number of para-hydroxylation sites is 1. The molecule has 2 aromatic carbocycles. The molecule has 2 aromatic heterocycles. The van der Waals surface area contributed by atoms with Gasteiger partial charge in [0.25, 0.3) is 0 Å². The van der Waals surface area contributed by atoms with Gasteiger partial charge >= 0.3 is 0 Å². The summed E-state index contributed by atoms with van der Waals surface area (Å²) in [6.45, 7) is 0. The Hall–Kier alpha value is -3.00. The third-order valence-corrected chi connectivity index (χ3v) is 4.25. The number of aromatic nitrogens is 3. The molecule has 27 heavy (non-hydrogen) atoms. The fourth-order valence-corrected chi connectivity index (χ4v) is 2.96. The lowest BCUT2D eigenvalue weighted by Gasteiger charge is -2.11. The number of hydrogen-bond acceptors (Lipinski definition) is 4. The van der Waals surface area contributed by atoms with E-state index in [1.54, 1.807) is 36.7 Å². The predicted octanol–water partition coefficient (Wildman–Crippen LogP) is 5.62. The van der Waals surface area contributed by atoms with E-state index < -0.39 is 17.5 Å². The van der Waals surface area contributed by atoms with Gasteiger partial charge in [0.1, 0.15) is 5.82 Å². The number of pyridine rings is 1. The lowest BCUT2D eigenvalue weighted by atomic mass is 10.2. The normalized spacial score (nSPS) is 11.0. The second-order valence-electron chi connectivity index (χ2n) is 5.68. The molecule has 0 aliphatic rings. The van der Waals surface area contributed by atoms with E-state index in [2.05, 4.69) is 36.2 Å². The summed E-state index contributed by atoms with van der Waals surface area (Å²) in [5, 5.41) is 3.50. The van der Waals surface area contributed by atoms with Gasteiger partial charge in [-0.3, -0.25) is 4.98 Å². The number of nitrogens with one attached hydrogen (secondary N) is 1. The number of nitrogens with zero attached hydrogens (tertiary/aromatic N) is 3. The maximum Gasteiger partial charge on any atom is 0.194 e. The third kappa shape index (κ3) is 3.48. The van der Waals surface area contributed by atoms with Crippen molar-refractivity contribution in [3.8, 4) is 11.4 Å². The van der Waals surface area contributed by atoms with Gasteiger partial charge in [0.05, 0.1) is 5.52 Å². The van der Waals surface area contributed by atoms with Gasteiger partial charge in [0.2, 0.25) is 0 Å². The fourth-order valence-electron chi connectivity index (χ4n) is 2.60. The molecule has 0 aliphatic heterocycles. The average Bonchev–Trinajstić information content (AvgIpc) is 2.66. The van der Waals surface area contributed by atoms with Gasteiger partial charge in [-0.25, -0.2) is 23.1 Å². The quantitative estimate of drug-likeness (QED) is 0.428. The first kappa shape index (κ1) is 17.4. The van der Waals surface area contributed by atoms with E-state index in [0.29, 0.717) is 28.1 Å². The van der Waals surface area contributed by atoms with Crippen molar-refractivity contribution in [2.24, 2.45) is 0 Å². The maximum atomic E-state index is 13.5. The number of hydrogen-bond donors (Lipinski definition) is 1. The third-order valence-electron chi connectivity index (χ3n) is 3.81. The molecule has 134 valence electrons. The first-order valence-electron chi connectivity index (χ1n) is 7.80. The monoisotopic (exact) mass is 430 g/mol. The highest BCUT2D eigenvalue weighted by Gasteiger charge is 2.14. The molecule has 0 spiro atoms. The van der Waals surface area contributed by atoms with Crippen LogP contribution in [-0.2, 0) is 0 Å². The average molecular weight is 431 g/mol. The van der Waals surface area contributed by atoms with Crippen molar-refractivity contribution in [3.05, 3.63) is 76.8 Å². The minimum absolute atomic E-state index is 0.0357. The Kier molecular flexibility index (Phi) is 4.49. The molecule has 0 aliphatic carbocycles. The van der Waals surface area contributed by atoms with Crippen LogP contribution in [0.25, 0.3) is 22.3 Å². The van der Waals surface area contributed by atoms with Crippen molar-refractivity contribution in [1.29, 1.82) is 0 Å². The highest BCUT2D eigenvalue weighted by molar-refractivity contribution is 9.10. The van der Waals surface area contributed by atoms with Gasteiger partial charge in [0.15, 0.2) is 23.3 Å². The highest BCUT2D eigenvalue weighted by Crippen LogP contribution is 2.29. The van der Waals surface area contributed by atoms with Crippen LogP contribution in [0.2, 0.25) is 0 Å². The van der Waals surface area contributed by atoms with Crippen LogP contribution < -0.4 is 5.32 Å². The first-order chi connectivity index (χ1) is 13.0. The lowest BCUT2D eigenvalue weighted by Crippen LogP contribution is -2.01. The Labute approximate surface area is 160 Å². The molecule has 4 rings (SSSR count). The van der Waals surface area contributed by atoms with Crippen molar-refractivity contribution in [2.75, 3.05) is 5.32 Å². The molecule has 4 nitrogen and oxygen atoms in total. The zero-order chi connectivity index (χ0) is 19.0. The smallest absolute Gasteiger partial charge is 0.194 e. The van der Waals surface area contributed by atoms with Crippen LogP contribution in [0.5, 0.6) is 0 Å². The lowest BCUT2D eigenvalue weighted by molar-refractivity contribution is 0.448. The molecule has 2 heterocycles. The summed E-state index contributed by atoms with van der Waals surface area (Å²) in [7, 11) is 0. The minimum atomic E-state index is -1.52. The number of anilines is 2. The Morgan fingerprint density at radius 1 is 0.889 bits per heavy atom. The molecule has 0 amide bonds. The summed E-state index contributed by atoms with van der Waals surface area (Å²) in [5.74, 6) is -3.37. The second kappa shape index (κ2) is 6.96. The van der Waals surface area contributed by atoms with Crippen molar-refractivity contribution >= 4 is 38.3 Å². The maximum absolute atomic E-state index is 13.5. The standard InChI is InChI=1S/C19H10BrF3N4/c20-11-5-10(8-24-9-11)18-26-16-4-2-1-3-13(16)19(27-18)25-12-6-14(21)17(23)15(22)7-12/h1-9H,(H,25,26,27). The molecule has 4 aromatic rings. The molecule has 0 fully saturated rings. The van der Waals surface area contributed by atoms with E-state index in [-0.39, 0.29) is 5.69 Å². The van der Waals surface area contributed by atoms with Crippen molar-refractivity contribution in [3.63, 3.8) is 0 Å². The van der Waals surface area contributed by atoms with Crippen LogP contribution in [0.4, 0.5) is 24.7 Å². The molecule has 0 atom stereocenters. The Morgan fingerprint density at radius 2 is 1.63 bits per heavy atom. The highest BCUT2D eigenvalue weighted by atomic mass is 79.9. The molecular formula is C19H10BrF3N4. The Balaban J connectivity index is 1.86. The van der Waals surface area contributed by atoms with Crippen LogP contribution in [-0.4, -0.2) is 15.0 Å². The van der Waals surface area contributed by atoms with E-state index in [1.165, 1.54) is 0 Å². The summed E-state index contributed by atoms with van der Waals surface area (Å²) in [6.07, 6.45) is 3.24. The van der Waals surface area contributed by atoms with Gasteiger partial charge in [-0.1, -0.05) is 12.1 Å². The fraction of sp³-hybridized carbons (Fsp3) is 0. The van der Waals surface area contributed by atoms with E-state index >= 15 is 0 Å². The van der Waals surface area contributed by atoms with Crippen LogP contribution >= 0.6 is 15.9 Å². The van der Waals surface area contributed by atoms with E-state index in [1.807, 2.05) is 6.07 Å². The molecule has 0 bridgehead atoms. The van der Waals surface area contributed by atoms with Gasteiger partial charge in [-0.15, -0.1) is 0 Å². The summed E-state index contributed by atoms with van der Waals surface area (Å²) in [6, 6.07) is 10.7. The van der Waals surface area contributed by atoms with Gasteiger partial charge in [-0.05, 0) is 34.1 Å². The van der Waals surface area contributed by atoms with Crippen molar-refractivity contribution in [1.82, 2.24) is 15.0 Å². The zero-order valence-electron chi connectivity index (χ0n) is 13.5. The summed E-state index contributed by atoms with van der Waals surface area (Å²) < 4.78 is 41.1. The zero-order valence-corrected chi connectivity index (χ0v) is 15.1. The predicted molar refractivity (Wildman–Crippen MR) is 100 cm³/mol. The van der Waals surface area contributed by atoms with Crippen LogP contribution in [0, 0.1) is 17.5 Å². The molecule has 1 N–H and O–H groups in total. The van der Waals surface area contributed by atoms with Gasteiger partial charge in [-0.2, -0.15) is 0 Å². The number of rotatable bonds is 3. The van der Waals surface area contributed by atoms with E-state index in [4.69, 9.17) is 0 Å². The largest absolute Gasteiger partial charge is 0.339 e. The first-order valence-corrected chi connectivity index (χ1v) is 8.60. The molecular weight excluding hydrogens is 421 g/mol. The summed E-state index contributed by atoms with van der Waals surface area (Å²) in [5.41, 5.74) is 1.33. The van der Waals surface area contributed by atoms with E-state index in [0.717, 1.165) is 16.6 Å². The molecule has 0 saturated carbocycles. The van der Waals surface area contributed by atoms with E-state index in [9.17, 15) is 13.2 Å². The van der Waals surface area contributed by atoms with Crippen LogP contribution in [0.3, 0.4) is 0 Å². The molecule has 0 radical (unpaired) electrons. The summed E-state index contributed by atoms with van der Waals surface area (Å²) in [4.78, 5) is 13.1. The Bertz CT molecular complexity index is 1140. The van der Waals surface area contributed by atoms with Gasteiger partial charge in [0, 0.05) is 45.6 Å². The van der Waals surface area contributed by atoms with Crippen LogP contribution in [0.15, 0.2) is 59.3 Å². The number of benzene rings is 2. The summed E-state index contributed by atoms with van der Waals surface area (Å²) >= 11 is 3.35. The minimum Gasteiger partial charge on any atom is -0.339 e. The molecule has 0 saturated heterocycles. The number of fused-ring (bicyclic) bond motifs is 1.